The van der Waals surface area contributed by atoms with Crippen molar-refractivity contribution < 1.29 is 18.0 Å². The number of aromatic amines is 1. The van der Waals surface area contributed by atoms with E-state index in [1.807, 2.05) is 5.10 Å². The van der Waals surface area contributed by atoms with Crippen molar-refractivity contribution in [3.63, 3.8) is 0 Å². The van der Waals surface area contributed by atoms with Gasteiger partial charge in [-0.3, -0.25) is 14.8 Å². The van der Waals surface area contributed by atoms with E-state index < -0.39 is 17.9 Å². The molecule has 1 atom stereocenters. The van der Waals surface area contributed by atoms with Crippen molar-refractivity contribution in [2.75, 3.05) is 18.0 Å². The molecule has 1 aromatic carbocycles. The van der Waals surface area contributed by atoms with Gasteiger partial charge in [0.05, 0.1) is 6.20 Å². The lowest BCUT2D eigenvalue weighted by molar-refractivity contribution is -0.140. The smallest absolute Gasteiger partial charge is 0.310 e. The summed E-state index contributed by atoms with van der Waals surface area (Å²) >= 11 is 0. The number of rotatable bonds is 2. The fraction of sp³-hybridized carbons (Fsp3) is 0.389. The lowest BCUT2D eigenvalue weighted by Gasteiger charge is -2.24. The Hall–Kier alpha value is -3.02. The van der Waals surface area contributed by atoms with Gasteiger partial charge >= 0.3 is 6.18 Å². The Kier molecular flexibility index (Phi) is 4.06. The van der Waals surface area contributed by atoms with Crippen LogP contribution >= 0.6 is 0 Å². The first-order valence-corrected chi connectivity index (χ1v) is 8.62. The van der Waals surface area contributed by atoms with Crippen LogP contribution < -0.4 is 4.90 Å². The number of carbonyl (C=O) groups excluding carboxylic acids is 1. The largest absolute Gasteiger partial charge is 0.433 e. The van der Waals surface area contributed by atoms with Gasteiger partial charge in [-0.2, -0.15) is 23.5 Å². The van der Waals surface area contributed by atoms with Crippen LogP contribution in [0.2, 0.25) is 0 Å². The monoisotopic (exact) mass is 375 g/mol. The summed E-state index contributed by atoms with van der Waals surface area (Å²) in [5, 5.41) is 14.7. The molecule has 3 heterocycles. The first-order valence-electron chi connectivity index (χ1n) is 8.62. The molecule has 1 unspecified atom stereocenters. The number of H-pyrrole nitrogens is 1. The summed E-state index contributed by atoms with van der Waals surface area (Å²) < 4.78 is 39.3. The second kappa shape index (κ2) is 6.30. The fourth-order valence-electron chi connectivity index (χ4n) is 3.84. The quantitative estimate of drug-likeness (QED) is 0.819. The van der Waals surface area contributed by atoms with Gasteiger partial charge < -0.3 is 4.90 Å². The Labute approximate surface area is 153 Å². The molecular weight excluding hydrogens is 359 g/mol. The van der Waals surface area contributed by atoms with Crippen LogP contribution in [0.5, 0.6) is 0 Å². The molecule has 1 amide bonds. The summed E-state index contributed by atoms with van der Waals surface area (Å²) in [4.78, 5) is 16.0. The highest BCUT2D eigenvalue weighted by atomic mass is 19.4. The summed E-state index contributed by atoms with van der Waals surface area (Å²) in [7, 11) is 0. The minimum atomic E-state index is -4.52. The van der Waals surface area contributed by atoms with Crippen molar-refractivity contribution >= 4 is 11.6 Å². The third kappa shape index (κ3) is 2.91. The minimum absolute atomic E-state index is 0.0125. The van der Waals surface area contributed by atoms with Gasteiger partial charge in [0.2, 0.25) is 5.91 Å². The molecule has 2 aliphatic heterocycles. The van der Waals surface area contributed by atoms with Crippen LogP contribution in [0.15, 0.2) is 24.4 Å². The highest BCUT2D eigenvalue weighted by Gasteiger charge is 2.38. The number of benzene rings is 1. The molecule has 1 fully saturated rings. The summed E-state index contributed by atoms with van der Waals surface area (Å²) in [5.74, 6) is -0.125. The van der Waals surface area contributed by atoms with Crippen molar-refractivity contribution in [1.29, 1.82) is 5.26 Å². The first kappa shape index (κ1) is 17.4. The number of hydrogen-bond donors (Lipinski definition) is 1. The molecule has 6 nitrogen and oxygen atoms in total. The third-order valence-corrected chi connectivity index (χ3v) is 5.14. The number of alkyl halides is 3. The molecule has 2 aliphatic rings. The van der Waals surface area contributed by atoms with Crippen molar-refractivity contribution in [3.05, 3.63) is 35.7 Å². The van der Waals surface area contributed by atoms with E-state index >= 15 is 0 Å². The number of halogens is 3. The molecule has 0 bridgehead atoms. The normalized spacial score (nSPS) is 19.3. The molecule has 140 valence electrons. The van der Waals surface area contributed by atoms with E-state index in [4.69, 9.17) is 5.26 Å². The van der Waals surface area contributed by atoms with Crippen LogP contribution in [0.3, 0.4) is 0 Å². The van der Waals surface area contributed by atoms with Crippen molar-refractivity contribution in [2.45, 2.75) is 31.5 Å². The highest BCUT2D eigenvalue weighted by molar-refractivity contribution is 5.99. The summed E-state index contributed by atoms with van der Waals surface area (Å²) in [5.41, 5.74) is 1.02. The van der Waals surface area contributed by atoms with Crippen LogP contribution in [-0.2, 0) is 17.4 Å². The number of amides is 1. The van der Waals surface area contributed by atoms with Gasteiger partial charge in [-0.1, -0.05) is 6.07 Å². The van der Waals surface area contributed by atoms with Crippen molar-refractivity contribution in [1.82, 2.24) is 15.1 Å². The molecule has 4 rings (SSSR count). The minimum Gasteiger partial charge on any atom is -0.310 e. The van der Waals surface area contributed by atoms with Crippen LogP contribution in [0.25, 0.3) is 11.1 Å². The molecule has 0 aliphatic carbocycles. The Morgan fingerprint density at radius 2 is 2.15 bits per heavy atom. The molecule has 0 radical (unpaired) electrons. The van der Waals surface area contributed by atoms with Gasteiger partial charge in [-0.25, -0.2) is 0 Å². The van der Waals surface area contributed by atoms with E-state index in [-0.39, 0.29) is 11.5 Å². The number of likely N-dealkylation sites (tertiary alicyclic amines) is 1. The van der Waals surface area contributed by atoms with Crippen LogP contribution in [0.4, 0.5) is 18.9 Å². The molecule has 1 aromatic heterocycles. The number of fused-ring (bicyclic) bond motifs is 1. The second-order valence-corrected chi connectivity index (χ2v) is 6.69. The van der Waals surface area contributed by atoms with E-state index in [0.29, 0.717) is 37.2 Å². The van der Waals surface area contributed by atoms with Crippen molar-refractivity contribution in [3.8, 4) is 17.3 Å². The predicted molar refractivity (Wildman–Crippen MR) is 90.4 cm³/mol. The number of nitriles is 1. The average molecular weight is 375 g/mol. The standard InChI is InChI=1S/C18H16F3N5O/c19-18(20,21)16-13(9-23-24-16)11-3-4-14-12(8-11)5-7-26(14)17(27)15-2-1-6-25(15)10-22/h3-4,8-9,15H,1-2,5-7H2,(H,23,24). The molecule has 27 heavy (non-hydrogen) atoms. The van der Waals surface area contributed by atoms with E-state index in [2.05, 4.69) is 11.3 Å². The molecular formula is C18H16F3N5O. The predicted octanol–water partition coefficient (Wildman–Crippen LogP) is 2.93. The summed E-state index contributed by atoms with van der Waals surface area (Å²) in [6.07, 6.45) is 0.698. The highest BCUT2D eigenvalue weighted by Crippen LogP contribution is 2.38. The Morgan fingerprint density at radius 3 is 2.89 bits per heavy atom. The summed E-state index contributed by atoms with van der Waals surface area (Å²) in [6, 6.07) is 4.47. The van der Waals surface area contributed by atoms with Crippen LogP contribution in [-0.4, -0.2) is 40.1 Å². The van der Waals surface area contributed by atoms with Crippen molar-refractivity contribution in [2.24, 2.45) is 0 Å². The molecule has 0 spiro atoms. The molecule has 9 heteroatoms. The Balaban J connectivity index is 1.63. The third-order valence-electron chi connectivity index (χ3n) is 5.14. The first-order chi connectivity index (χ1) is 12.9. The maximum Gasteiger partial charge on any atom is 0.433 e. The SMILES string of the molecule is N#CN1CCCC1C(=O)N1CCc2cc(-c3cn[nH]c3C(F)(F)F)ccc21. The molecule has 2 aromatic rings. The van der Waals surface area contributed by atoms with E-state index in [0.717, 1.165) is 18.2 Å². The maximum absolute atomic E-state index is 13.1. The lowest BCUT2D eigenvalue weighted by atomic mass is 10.0. The topological polar surface area (TPSA) is 76.0 Å². The zero-order chi connectivity index (χ0) is 19.2. The van der Waals surface area contributed by atoms with E-state index in [1.165, 1.54) is 4.90 Å². The van der Waals surface area contributed by atoms with Gasteiger partial charge in [0.25, 0.3) is 0 Å². The van der Waals surface area contributed by atoms with Crippen LogP contribution in [0, 0.1) is 11.5 Å². The number of anilines is 1. The number of carbonyl (C=O) groups is 1. The molecule has 1 N–H and O–H groups in total. The number of nitrogens with one attached hydrogen (secondary N) is 1. The zero-order valence-corrected chi connectivity index (χ0v) is 14.3. The lowest BCUT2D eigenvalue weighted by Crippen LogP contribution is -2.43. The molecule has 0 saturated carbocycles. The van der Waals surface area contributed by atoms with Gasteiger partial charge in [-0.05, 0) is 42.5 Å². The van der Waals surface area contributed by atoms with Gasteiger partial charge in [0, 0.05) is 24.3 Å². The van der Waals surface area contributed by atoms with E-state index in [9.17, 15) is 18.0 Å². The summed E-state index contributed by atoms with van der Waals surface area (Å²) in [6.45, 7) is 1.04. The maximum atomic E-state index is 13.1. The van der Waals surface area contributed by atoms with Gasteiger partial charge in [0.15, 0.2) is 6.19 Å². The Bertz CT molecular complexity index is 930. The average Bonchev–Trinajstić information content (AvgIpc) is 3.37. The second-order valence-electron chi connectivity index (χ2n) is 6.69. The van der Waals surface area contributed by atoms with E-state index in [1.54, 1.807) is 23.1 Å². The number of hydrogen-bond acceptors (Lipinski definition) is 4. The van der Waals surface area contributed by atoms with Crippen LogP contribution in [0.1, 0.15) is 24.1 Å². The number of nitrogens with zero attached hydrogens (tertiary/aromatic N) is 4. The molecule has 1 saturated heterocycles. The van der Waals surface area contributed by atoms with Gasteiger partial charge in [0.1, 0.15) is 11.7 Å². The fourth-order valence-corrected chi connectivity index (χ4v) is 3.84. The van der Waals surface area contributed by atoms with Gasteiger partial charge in [-0.15, -0.1) is 0 Å². The Morgan fingerprint density at radius 1 is 1.33 bits per heavy atom. The number of aromatic nitrogens is 2. The zero-order valence-electron chi connectivity index (χ0n) is 14.3.